The zero-order valence-corrected chi connectivity index (χ0v) is 12.5. The first-order chi connectivity index (χ1) is 8.73. The van der Waals surface area contributed by atoms with Crippen molar-refractivity contribution >= 4 is 0 Å². The van der Waals surface area contributed by atoms with Gasteiger partial charge in [-0.25, -0.2) is 8.78 Å². The van der Waals surface area contributed by atoms with Gasteiger partial charge in [-0.15, -0.1) is 0 Å². The molecule has 0 aromatic heterocycles. The number of ether oxygens (including phenoxy) is 1. The van der Waals surface area contributed by atoms with E-state index in [2.05, 4.69) is 5.32 Å². The average Bonchev–Trinajstić information content (AvgIpc) is 2.31. The maximum atomic E-state index is 14.2. The second-order valence-corrected chi connectivity index (χ2v) is 5.88. The first-order valence-electron chi connectivity index (χ1n) is 6.38. The minimum Gasteiger partial charge on any atom is -0.379 e. The van der Waals surface area contributed by atoms with Gasteiger partial charge in [0.15, 0.2) is 0 Å². The molecule has 0 saturated heterocycles. The molecular formula is C15H23F2NO. The van der Waals surface area contributed by atoms with E-state index in [1.807, 2.05) is 20.8 Å². The topological polar surface area (TPSA) is 21.3 Å². The summed E-state index contributed by atoms with van der Waals surface area (Å²) in [6.07, 6.45) is -0.344. The maximum Gasteiger partial charge on any atom is 0.133 e. The molecule has 1 aromatic rings. The van der Waals surface area contributed by atoms with Gasteiger partial charge in [0.25, 0.3) is 0 Å². The Hall–Kier alpha value is -1.00. The quantitative estimate of drug-likeness (QED) is 0.903. The highest BCUT2D eigenvalue weighted by atomic mass is 19.1. The fourth-order valence-corrected chi connectivity index (χ4v) is 2.40. The summed E-state index contributed by atoms with van der Waals surface area (Å²) in [6.45, 7) is 7.58. The monoisotopic (exact) mass is 271 g/mol. The second-order valence-electron chi connectivity index (χ2n) is 5.88. The predicted molar refractivity (Wildman–Crippen MR) is 73.1 cm³/mol. The Labute approximate surface area is 114 Å². The van der Waals surface area contributed by atoms with Gasteiger partial charge in [-0.1, -0.05) is 26.8 Å². The van der Waals surface area contributed by atoms with Gasteiger partial charge in [0.1, 0.15) is 11.6 Å². The number of nitrogens with one attached hydrogen (secondary N) is 1. The van der Waals surface area contributed by atoms with Gasteiger partial charge >= 0.3 is 0 Å². The van der Waals surface area contributed by atoms with Crippen molar-refractivity contribution in [1.29, 1.82) is 0 Å². The molecule has 1 aromatic carbocycles. The van der Waals surface area contributed by atoms with Crippen molar-refractivity contribution in [3.8, 4) is 0 Å². The Kier molecular flexibility index (Phi) is 5.04. The molecule has 0 bridgehead atoms. The van der Waals surface area contributed by atoms with E-state index in [1.165, 1.54) is 12.1 Å². The minimum absolute atomic E-state index is 0.0456. The van der Waals surface area contributed by atoms with Crippen molar-refractivity contribution in [3.63, 3.8) is 0 Å². The zero-order valence-electron chi connectivity index (χ0n) is 12.5. The van der Waals surface area contributed by atoms with Crippen molar-refractivity contribution in [3.05, 3.63) is 34.9 Å². The summed E-state index contributed by atoms with van der Waals surface area (Å²) >= 11 is 0. The lowest BCUT2D eigenvalue weighted by Gasteiger charge is -2.36. The molecule has 0 saturated carbocycles. The molecule has 2 unspecified atom stereocenters. The fraction of sp³-hybridized carbons (Fsp3) is 0.600. The van der Waals surface area contributed by atoms with Gasteiger partial charge in [-0.3, -0.25) is 0 Å². The van der Waals surface area contributed by atoms with Crippen LogP contribution in [-0.4, -0.2) is 20.3 Å². The normalized spacial score (nSPS) is 15.4. The molecule has 19 heavy (non-hydrogen) atoms. The summed E-state index contributed by atoms with van der Waals surface area (Å²) in [6, 6.07) is 2.21. The molecule has 0 amide bonds. The number of halogens is 2. The predicted octanol–water partition coefficient (Wildman–Crippen LogP) is 3.59. The molecule has 0 spiro atoms. The van der Waals surface area contributed by atoms with Crippen LogP contribution in [0.3, 0.4) is 0 Å². The van der Waals surface area contributed by atoms with Crippen molar-refractivity contribution in [2.45, 2.75) is 39.8 Å². The number of likely N-dealkylation sites (N-methyl/N-ethyl adjacent to an activating group) is 1. The molecule has 0 fully saturated rings. The Morgan fingerprint density at radius 3 is 2.21 bits per heavy atom. The standard InChI is InChI=1S/C15H23F2NO/c1-9-7-8-10(16)11(12(9)17)13(18-5)14(19-6)15(2,3)4/h7-8,13-14,18H,1-6H3. The SMILES string of the molecule is CNC(c1c(F)ccc(C)c1F)C(OC)C(C)(C)C. The van der Waals surface area contributed by atoms with E-state index < -0.39 is 17.7 Å². The third kappa shape index (κ3) is 3.31. The van der Waals surface area contributed by atoms with E-state index in [9.17, 15) is 8.78 Å². The zero-order chi connectivity index (χ0) is 14.8. The van der Waals surface area contributed by atoms with Gasteiger partial charge in [0, 0.05) is 12.7 Å². The van der Waals surface area contributed by atoms with E-state index in [-0.39, 0.29) is 17.1 Å². The van der Waals surface area contributed by atoms with E-state index in [0.29, 0.717) is 5.56 Å². The van der Waals surface area contributed by atoms with Crippen molar-refractivity contribution < 1.29 is 13.5 Å². The highest BCUT2D eigenvalue weighted by Crippen LogP contribution is 2.35. The van der Waals surface area contributed by atoms with Gasteiger partial charge in [-0.2, -0.15) is 0 Å². The Morgan fingerprint density at radius 1 is 1.21 bits per heavy atom. The van der Waals surface area contributed by atoms with Gasteiger partial charge in [-0.05, 0) is 31.0 Å². The van der Waals surface area contributed by atoms with Crippen LogP contribution in [-0.2, 0) is 4.74 Å². The number of aryl methyl sites for hydroxylation is 1. The van der Waals surface area contributed by atoms with Crippen LogP contribution in [0.25, 0.3) is 0 Å². The number of rotatable bonds is 4. The lowest BCUT2D eigenvalue weighted by molar-refractivity contribution is -0.0118. The highest BCUT2D eigenvalue weighted by Gasteiger charge is 2.35. The molecule has 0 aliphatic rings. The number of hydrogen-bond acceptors (Lipinski definition) is 2. The molecular weight excluding hydrogens is 248 g/mol. The summed E-state index contributed by atoms with van der Waals surface area (Å²) in [5, 5.41) is 2.98. The summed E-state index contributed by atoms with van der Waals surface area (Å²) in [5.74, 6) is -1.06. The smallest absolute Gasteiger partial charge is 0.133 e. The lowest BCUT2D eigenvalue weighted by Crippen LogP contribution is -2.41. The van der Waals surface area contributed by atoms with Crippen LogP contribution in [0.5, 0.6) is 0 Å². The Morgan fingerprint density at radius 2 is 1.79 bits per heavy atom. The second kappa shape index (κ2) is 5.97. The van der Waals surface area contributed by atoms with Gasteiger partial charge in [0.2, 0.25) is 0 Å². The minimum atomic E-state index is -0.547. The van der Waals surface area contributed by atoms with Gasteiger partial charge in [0.05, 0.1) is 12.1 Å². The van der Waals surface area contributed by atoms with E-state index in [0.717, 1.165) is 0 Å². The summed E-state index contributed by atoms with van der Waals surface area (Å²) in [4.78, 5) is 0. The van der Waals surface area contributed by atoms with Crippen LogP contribution >= 0.6 is 0 Å². The molecule has 0 aliphatic heterocycles. The molecule has 108 valence electrons. The van der Waals surface area contributed by atoms with E-state index in [4.69, 9.17) is 4.74 Å². The third-order valence-corrected chi connectivity index (χ3v) is 3.35. The molecule has 0 aliphatic carbocycles. The fourth-order valence-electron chi connectivity index (χ4n) is 2.40. The molecule has 4 heteroatoms. The van der Waals surface area contributed by atoms with Crippen LogP contribution in [0, 0.1) is 24.0 Å². The van der Waals surface area contributed by atoms with Crippen molar-refractivity contribution in [2.75, 3.05) is 14.2 Å². The number of methoxy groups -OCH3 is 1. The van der Waals surface area contributed by atoms with Crippen LogP contribution in [0.2, 0.25) is 0 Å². The largest absolute Gasteiger partial charge is 0.379 e. The molecule has 1 rings (SSSR count). The highest BCUT2D eigenvalue weighted by molar-refractivity contribution is 5.30. The van der Waals surface area contributed by atoms with Crippen LogP contribution in [0.1, 0.15) is 37.9 Å². The molecule has 0 heterocycles. The third-order valence-electron chi connectivity index (χ3n) is 3.35. The Balaban J connectivity index is 3.35. The molecule has 0 radical (unpaired) electrons. The average molecular weight is 271 g/mol. The first-order valence-corrected chi connectivity index (χ1v) is 6.38. The van der Waals surface area contributed by atoms with Crippen molar-refractivity contribution in [2.24, 2.45) is 5.41 Å². The number of hydrogen-bond donors (Lipinski definition) is 1. The van der Waals surface area contributed by atoms with E-state index >= 15 is 0 Å². The maximum absolute atomic E-state index is 14.2. The summed E-state index contributed by atoms with van der Waals surface area (Å²) < 4.78 is 33.7. The van der Waals surface area contributed by atoms with Crippen molar-refractivity contribution in [1.82, 2.24) is 5.32 Å². The molecule has 1 N–H and O–H groups in total. The molecule has 2 nitrogen and oxygen atoms in total. The lowest BCUT2D eigenvalue weighted by atomic mass is 9.81. The van der Waals surface area contributed by atoms with E-state index in [1.54, 1.807) is 21.1 Å². The van der Waals surface area contributed by atoms with Gasteiger partial charge < -0.3 is 10.1 Å². The molecule has 2 atom stereocenters. The Bertz CT molecular complexity index is 441. The van der Waals surface area contributed by atoms with Crippen LogP contribution in [0.4, 0.5) is 8.78 Å². The summed E-state index contributed by atoms with van der Waals surface area (Å²) in [7, 11) is 3.25. The van der Waals surface area contributed by atoms with Crippen LogP contribution in [0.15, 0.2) is 12.1 Å². The summed E-state index contributed by atoms with van der Waals surface area (Å²) in [5.41, 5.74) is 0.232. The first kappa shape index (κ1) is 16.1. The number of benzene rings is 1. The van der Waals surface area contributed by atoms with Crippen LogP contribution < -0.4 is 5.32 Å².